The largest absolute Gasteiger partial charge is 0.466 e. The van der Waals surface area contributed by atoms with Gasteiger partial charge in [-0.25, -0.2) is 4.79 Å². The second kappa shape index (κ2) is 4.83. The van der Waals surface area contributed by atoms with Crippen LogP contribution in [0.25, 0.3) is 0 Å². The van der Waals surface area contributed by atoms with Crippen LogP contribution in [0, 0.1) is 5.41 Å². The number of ether oxygens (including phenoxy) is 2. The molecule has 0 radical (unpaired) electrons. The summed E-state index contributed by atoms with van der Waals surface area (Å²) in [6, 6.07) is 0. The first-order valence-electron chi connectivity index (χ1n) is 3.35. The molecule has 0 aliphatic heterocycles. The number of carbonyl (C=O) groups is 3. The van der Waals surface area contributed by atoms with E-state index in [0.717, 1.165) is 14.2 Å². The molecule has 0 aliphatic rings. The number of Topliss-reactive ketones (excluding diaryl/α,β-unsaturated/α-hetero) is 1. The molecule has 0 bridgehead atoms. The summed E-state index contributed by atoms with van der Waals surface area (Å²) < 4.78 is 8.64. The summed E-state index contributed by atoms with van der Waals surface area (Å²) >= 11 is 5.06. The van der Waals surface area contributed by atoms with E-state index in [-0.39, 0.29) is 6.29 Å². The topological polar surface area (TPSA) is 93.5 Å². The lowest BCUT2D eigenvalue weighted by molar-refractivity contribution is -0.169. The minimum Gasteiger partial charge on any atom is -0.466 e. The van der Waals surface area contributed by atoms with E-state index >= 15 is 0 Å². The van der Waals surface area contributed by atoms with Crippen molar-refractivity contribution in [1.82, 2.24) is 0 Å². The van der Waals surface area contributed by atoms with Gasteiger partial charge >= 0.3 is 5.97 Å². The van der Waals surface area contributed by atoms with Gasteiger partial charge in [0.25, 0.3) is 5.60 Å². The molecule has 0 aromatic heterocycles. The summed E-state index contributed by atoms with van der Waals surface area (Å²) in [6.45, 7) is 0. The average Bonchev–Trinajstić information content (AvgIpc) is 2.19. The van der Waals surface area contributed by atoms with Crippen molar-refractivity contribution in [2.45, 2.75) is 5.60 Å². The van der Waals surface area contributed by atoms with Crippen molar-refractivity contribution < 1.29 is 23.9 Å². The van der Waals surface area contributed by atoms with E-state index in [0.29, 0.717) is 0 Å². The SMILES string of the molecule is COC(=O)C(C=O)(OC)C(=O)C(=N)Cl. The van der Waals surface area contributed by atoms with Gasteiger partial charge in [0.1, 0.15) is 0 Å². The normalized spacial score (nSPS) is 13.9. The number of nitrogens with one attached hydrogen (secondary N) is 1. The van der Waals surface area contributed by atoms with Crippen LogP contribution < -0.4 is 0 Å². The maximum atomic E-state index is 11.2. The Morgan fingerprint density at radius 2 is 1.93 bits per heavy atom. The number of carbonyl (C=O) groups excluding carboxylic acids is 3. The van der Waals surface area contributed by atoms with Crippen LogP contribution in [0.15, 0.2) is 0 Å². The Hall–Kier alpha value is -1.27. The lowest BCUT2D eigenvalue weighted by Gasteiger charge is -2.20. The summed E-state index contributed by atoms with van der Waals surface area (Å²) in [6.07, 6.45) is -0.0575. The van der Waals surface area contributed by atoms with E-state index in [1.165, 1.54) is 0 Å². The Morgan fingerprint density at radius 1 is 1.43 bits per heavy atom. The number of methoxy groups -OCH3 is 2. The first-order chi connectivity index (χ1) is 6.46. The van der Waals surface area contributed by atoms with Gasteiger partial charge in [-0.05, 0) is 0 Å². The van der Waals surface area contributed by atoms with Crippen molar-refractivity contribution in [2.75, 3.05) is 14.2 Å². The molecule has 14 heavy (non-hydrogen) atoms. The number of esters is 1. The Kier molecular flexibility index (Phi) is 4.39. The number of hydrogen-bond donors (Lipinski definition) is 1. The maximum absolute atomic E-state index is 11.2. The zero-order valence-electron chi connectivity index (χ0n) is 7.50. The molecule has 0 aliphatic carbocycles. The van der Waals surface area contributed by atoms with Gasteiger partial charge in [0.15, 0.2) is 11.5 Å². The van der Waals surface area contributed by atoms with E-state index in [4.69, 9.17) is 17.0 Å². The number of hydrogen-bond acceptors (Lipinski definition) is 6. The van der Waals surface area contributed by atoms with Crippen molar-refractivity contribution in [2.24, 2.45) is 0 Å². The van der Waals surface area contributed by atoms with Crippen molar-refractivity contribution in [3.8, 4) is 0 Å². The molecular formula is C7H8ClNO5. The first kappa shape index (κ1) is 12.7. The Balaban J connectivity index is 5.28. The van der Waals surface area contributed by atoms with Crippen LogP contribution in [0.3, 0.4) is 0 Å². The van der Waals surface area contributed by atoms with Gasteiger partial charge in [0, 0.05) is 7.11 Å². The predicted octanol–water partition coefficient (Wildman–Crippen LogP) is -0.471. The molecule has 0 saturated carbocycles. The van der Waals surface area contributed by atoms with Crippen LogP contribution in [0.2, 0.25) is 0 Å². The second-order valence-corrected chi connectivity index (χ2v) is 2.57. The van der Waals surface area contributed by atoms with Gasteiger partial charge < -0.3 is 9.47 Å². The zero-order valence-corrected chi connectivity index (χ0v) is 8.25. The Bertz CT molecular complexity index is 290. The maximum Gasteiger partial charge on any atom is 0.354 e. The van der Waals surface area contributed by atoms with E-state index in [1.54, 1.807) is 0 Å². The van der Waals surface area contributed by atoms with Crippen molar-refractivity contribution >= 4 is 34.8 Å². The summed E-state index contributed by atoms with van der Waals surface area (Å²) in [5.41, 5.74) is -2.46. The molecule has 0 heterocycles. The molecule has 1 unspecified atom stereocenters. The van der Waals surface area contributed by atoms with Gasteiger partial charge in [-0.1, -0.05) is 11.6 Å². The summed E-state index contributed by atoms with van der Waals surface area (Å²) in [7, 11) is 1.94. The number of rotatable bonds is 5. The molecule has 7 heteroatoms. The van der Waals surface area contributed by atoms with Gasteiger partial charge in [-0.15, -0.1) is 0 Å². The lowest BCUT2D eigenvalue weighted by atomic mass is 10.0. The molecule has 0 rings (SSSR count). The molecule has 1 atom stereocenters. The third-order valence-corrected chi connectivity index (χ3v) is 1.68. The highest BCUT2D eigenvalue weighted by Gasteiger charge is 2.49. The molecule has 0 spiro atoms. The molecule has 0 fully saturated rings. The molecule has 0 aromatic rings. The molecule has 0 amide bonds. The van der Waals surface area contributed by atoms with E-state index in [1.807, 2.05) is 0 Å². The van der Waals surface area contributed by atoms with Crippen LogP contribution in [-0.2, 0) is 23.9 Å². The number of halogens is 1. The molecular weight excluding hydrogens is 214 g/mol. The number of aldehydes is 1. The first-order valence-corrected chi connectivity index (χ1v) is 3.72. The number of ketones is 1. The van der Waals surface area contributed by atoms with Crippen LogP contribution in [0.1, 0.15) is 0 Å². The molecule has 0 aromatic carbocycles. The van der Waals surface area contributed by atoms with Crippen LogP contribution in [0.5, 0.6) is 0 Å². The van der Waals surface area contributed by atoms with Crippen molar-refractivity contribution in [3.05, 3.63) is 0 Å². The molecule has 1 N–H and O–H groups in total. The molecule has 78 valence electrons. The molecule has 0 saturated heterocycles. The predicted molar refractivity (Wildman–Crippen MR) is 46.4 cm³/mol. The second-order valence-electron chi connectivity index (χ2n) is 2.19. The Morgan fingerprint density at radius 3 is 2.14 bits per heavy atom. The fourth-order valence-electron chi connectivity index (χ4n) is 0.733. The van der Waals surface area contributed by atoms with Gasteiger partial charge in [-0.3, -0.25) is 15.0 Å². The van der Waals surface area contributed by atoms with Gasteiger partial charge in [-0.2, -0.15) is 0 Å². The van der Waals surface area contributed by atoms with Crippen molar-refractivity contribution in [3.63, 3.8) is 0 Å². The Labute approximate surface area is 84.6 Å². The highest BCUT2D eigenvalue weighted by Crippen LogP contribution is 2.13. The van der Waals surface area contributed by atoms with E-state index in [9.17, 15) is 14.4 Å². The van der Waals surface area contributed by atoms with Crippen molar-refractivity contribution in [1.29, 1.82) is 5.41 Å². The van der Waals surface area contributed by atoms with E-state index in [2.05, 4.69) is 9.47 Å². The fraction of sp³-hybridized carbons (Fsp3) is 0.429. The lowest BCUT2D eigenvalue weighted by Crippen LogP contribution is -2.52. The monoisotopic (exact) mass is 221 g/mol. The third-order valence-electron chi connectivity index (χ3n) is 1.51. The average molecular weight is 222 g/mol. The van der Waals surface area contributed by atoms with Gasteiger partial charge in [0.05, 0.1) is 7.11 Å². The van der Waals surface area contributed by atoms with Crippen LogP contribution in [-0.4, -0.2) is 43.0 Å². The zero-order chi connectivity index (χ0) is 11.4. The highest BCUT2D eigenvalue weighted by atomic mass is 35.5. The highest BCUT2D eigenvalue weighted by molar-refractivity contribution is 6.84. The fourth-order valence-corrected chi connectivity index (χ4v) is 0.874. The van der Waals surface area contributed by atoms with Crippen LogP contribution >= 0.6 is 11.6 Å². The summed E-state index contributed by atoms with van der Waals surface area (Å²) in [5, 5.41) is 5.82. The molecule has 6 nitrogen and oxygen atoms in total. The summed E-state index contributed by atoms with van der Waals surface area (Å²) in [5.74, 6) is -2.48. The standard InChI is InChI=1S/C7H8ClNO5/c1-13-6(12)7(3-10,14-2)4(11)5(8)9/h3,9H,1-2H3. The third kappa shape index (κ3) is 1.97. The quantitative estimate of drug-likeness (QED) is 0.293. The summed E-state index contributed by atoms with van der Waals surface area (Å²) in [4.78, 5) is 32.9. The minimum absolute atomic E-state index is 0.0575. The van der Waals surface area contributed by atoms with E-state index < -0.39 is 22.5 Å². The van der Waals surface area contributed by atoms with Crippen LogP contribution in [0.4, 0.5) is 0 Å². The minimum atomic E-state index is -2.46. The smallest absolute Gasteiger partial charge is 0.354 e. The van der Waals surface area contributed by atoms with Gasteiger partial charge in [0.2, 0.25) is 5.78 Å².